The Morgan fingerprint density at radius 1 is 1.29 bits per heavy atom. The van der Waals surface area contributed by atoms with E-state index >= 15 is 0 Å². The highest BCUT2D eigenvalue weighted by Gasteiger charge is 2.20. The summed E-state index contributed by atoms with van der Waals surface area (Å²) >= 11 is 1.35. The largest absolute Gasteiger partial charge is 0.492 e. The van der Waals surface area contributed by atoms with Crippen molar-refractivity contribution in [1.29, 1.82) is 0 Å². The quantitative estimate of drug-likeness (QED) is 0.289. The third-order valence-electron chi connectivity index (χ3n) is 3.71. The minimum absolute atomic E-state index is 0.0975. The zero-order valence-electron chi connectivity index (χ0n) is 16.8. The van der Waals surface area contributed by atoms with Gasteiger partial charge in [0.25, 0.3) is 0 Å². The van der Waals surface area contributed by atoms with Crippen LogP contribution in [0, 0.1) is 6.92 Å². The summed E-state index contributed by atoms with van der Waals surface area (Å²) in [5.41, 5.74) is 0.685. The lowest BCUT2D eigenvalue weighted by atomic mass is 10.3. The Morgan fingerprint density at radius 3 is 2.71 bits per heavy atom. The molecule has 0 aliphatic heterocycles. The number of aryl methyl sites for hydroxylation is 1. The third-order valence-corrected chi connectivity index (χ3v) is 5.04. The lowest BCUT2D eigenvalue weighted by Crippen LogP contribution is -2.39. The Morgan fingerprint density at radius 2 is 2.04 bits per heavy atom. The van der Waals surface area contributed by atoms with Crippen molar-refractivity contribution in [3.8, 4) is 5.75 Å². The summed E-state index contributed by atoms with van der Waals surface area (Å²) in [5, 5.41) is 7.35. The summed E-state index contributed by atoms with van der Waals surface area (Å²) in [5.74, 6) is 1.18. The number of nitrogens with zero attached hydrogens (tertiary/aromatic N) is 2. The second kappa shape index (κ2) is 11.3. The molecule has 2 N–H and O–H groups in total. The fourth-order valence-corrected chi connectivity index (χ4v) is 3.38. The number of aromatic nitrogens is 1. The first kappa shape index (κ1) is 21.7. The molecule has 0 saturated carbocycles. The van der Waals surface area contributed by atoms with E-state index in [1.54, 1.807) is 6.92 Å². The van der Waals surface area contributed by atoms with Crippen LogP contribution < -0.4 is 15.4 Å². The Labute approximate surface area is 170 Å². The lowest BCUT2D eigenvalue weighted by molar-refractivity contribution is 0.0531. The van der Waals surface area contributed by atoms with Crippen molar-refractivity contribution in [1.82, 2.24) is 15.6 Å². The molecule has 0 spiro atoms. The topological polar surface area (TPSA) is 84.8 Å². The summed E-state index contributed by atoms with van der Waals surface area (Å²) < 4.78 is 10.8. The van der Waals surface area contributed by atoms with Gasteiger partial charge in [-0.1, -0.05) is 18.2 Å². The highest BCUT2D eigenvalue weighted by Crippen LogP contribution is 2.24. The number of hydrogen-bond donors (Lipinski definition) is 2. The number of rotatable bonds is 9. The summed E-state index contributed by atoms with van der Waals surface area (Å²) in [6, 6.07) is 9.56. The molecule has 2 aromatic rings. The molecule has 1 atom stereocenters. The number of hydrogen-bond acceptors (Lipinski definition) is 6. The van der Waals surface area contributed by atoms with Crippen LogP contribution in [-0.4, -0.2) is 43.2 Å². The molecule has 1 heterocycles. The van der Waals surface area contributed by atoms with E-state index in [4.69, 9.17) is 9.47 Å². The number of benzene rings is 1. The zero-order valence-corrected chi connectivity index (χ0v) is 17.6. The van der Waals surface area contributed by atoms with Gasteiger partial charge in [-0.25, -0.2) is 14.8 Å². The molecule has 7 nitrogen and oxygen atoms in total. The molecule has 0 amide bonds. The third kappa shape index (κ3) is 6.53. The maximum Gasteiger partial charge on any atom is 0.350 e. The second-order valence-electron chi connectivity index (χ2n) is 5.98. The van der Waals surface area contributed by atoms with Gasteiger partial charge < -0.3 is 20.1 Å². The van der Waals surface area contributed by atoms with Crippen LogP contribution in [0.3, 0.4) is 0 Å². The Bertz CT molecular complexity index is 777. The van der Waals surface area contributed by atoms with E-state index in [-0.39, 0.29) is 12.0 Å². The van der Waals surface area contributed by atoms with E-state index in [9.17, 15) is 4.79 Å². The van der Waals surface area contributed by atoms with Crippen molar-refractivity contribution in [2.75, 3.05) is 26.3 Å². The highest BCUT2D eigenvalue weighted by molar-refractivity contribution is 7.13. The molecule has 0 radical (unpaired) electrons. The first-order valence-electron chi connectivity index (χ1n) is 9.42. The van der Waals surface area contributed by atoms with Crippen LogP contribution in [-0.2, 0) is 4.74 Å². The van der Waals surface area contributed by atoms with E-state index in [1.165, 1.54) is 11.3 Å². The summed E-state index contributed by atoms with van der Waals surface area (Å²) in [6.45, 7) is 9.69. The molecule has 8 heteroatoms. The second-order valence-corrected chi connectivity index (χ2v) is 7.01. The molecule has 0 bridgehead atoms. The first-order chi connectivity index (χ1) is 13.5. The van der Waals surface area contributed by atoms with Crippen LogP contribution >= 0.6 is 11.3 Å². The Balaban J connectivity index is 1.95. The van der Waals surface area contributed by atoms with Crippen LogP contribution in [0.4, 0.5) is 0 Å². The predicted molar refractivity (Wildman–Crippen MR) is 112 cm³/mol. The van der Waals surface area contributed by atoms with Crippen molar-refractivity contribution in [2.45, 2.75) is 33.7 Å². The molecule has 1 aromatic carbocycles. The van der Waals surface area contributed by atoms with Gasteiger partial charge in [0.15, 0.2) is 5.96 Å². The molecular formula is C20H28N4O3S. The zero-order chi connectivity index (χ0) is 20.4. The summed E-state index contributed by atoms with van der Waals surface area (Å²) in [7, 11) is 0. The summed E-state index contributed by atoms with van der Waals surface area (Å²) in [4.78, 5) is 21.6. The molecule has 0 saturated heterocycles. The van der Waals surface area contributed by atoms with Gasteiger partial charge in [0.1, 0.15) is 22.2 Å². The van der Waals surface area contributed by atoms with Crippen molar-refractivity contribution < 1.29 is 14.3 Å². The van der Waals surface area contributed by atoms with Gasteiger partial charge in [-0.05, 0) is 39.8 Å². The number of aliphatic imine (C=N–C) groups is 1. The Hall–Kier alpha value is -2.61. The van der Waals surface area contributed by atoms with Crippen LogP contribution in [0.15, 0.2) is 35.3 Å². The van der Waals surface area contributed by atoms with Crippen molar-refractivity contribution in [3.63, 3.8) is 0 Å². The highest BCUT2D eigenvalue weighted by atomic mass is 32.1. The predicted octanol–water partition coefficient (Wildman–Crippen LogP) is 3.32. The van der Waals surface area contributed by atoms with Gasteiger partial charge in [-0.15, -0.1) is 11.3 Å². The van der Waals surface area contributed by atoms with Gasteiger partial charge in [0.2, 0.25) is 0 Å². The molecule has 1 aromatic heterocycles. The maximum absolute atomic E-state index is 12.0. The van der Waals surface area contributed by atoms with E-state index in [0.29, 0.717) is 36.3 Å². The normalized spacial score (nSPS) is 12.4. The minimum Gasteiger partial charge on any atom is -0.492 e. The van der Waals surface area contributed by atoms with Crippen LogP contribution in [0.1, 0.15) is 47.2 Å². The number of carbonyl (C=O) groups is 1. The van der Waals surface area contributed by atoms with Crippen molar-refractivity contribution in [2.24, 2.45) is 4.99 Å². The number of esters is 1. The number of para-hydroxylation sites is 1. The first-order valence-corrected chi connectivity index (χ1v) is 10.2. The van der Waals surface area contributed by atoms with E-state index in [0.717, 1.165) is 17.3 Å². The van der Waals surface area contributed by atoms with Crippen molar-refractivity contribution >= 4 is 23.3 Å². The van der Waals surface area contributed by atoms with E-state index in [2.05, 4.69) is 20.6 Å². The molecule has 28 heavy (non-hydrogen) atoms. The molecule has 0 aliphatic rings. The van der Waals surface area contributed by atoms with Gasteiger partial charge in [-0.3, -0.25) is 0 Å². The van der Waals surface area contributed by atoms with Gasteiger partial charge in [0.05, 0.1) is 24.9 Å². The average molecular weight is 405 g/mol. The molecular weight excluding hydrogens is 376 g/mol. The van der Waals surface area contributed by atoms with Crippen LogP contribution in [0.2, 0.25) is 0 Å². The van der Waals surface area contributed by atoms with E-state index < -0.39 is 0 Å². The van der Waals surface area contributed by atoms with Crippen molar-refractivity contribution in [3.05, 3.63) is 45.9 Å². The number of ether oxygens (including phenoxy) is 2. The average Bonchev–Trinajstić information content (AvgIpc) is 3.08. The smallest absolute Gasteiger partial charge is 0.350 e. The molecule has 2 rings (SSSR count). The fraction of sp³-hybridized carbons (Fsp3) is 0.450. The lowest BCUT2D eigenvalue weighted by Gasteiger charge is -2.16. The molecule has 0 fully saturated rings. The minimum atomic E-state index is -0.324. The number of nitrogens with one attached hydrogen (secondary N) is 2. The molecule has 0 aliphatic carbocycles. The van der Waals surface area contributed by atoms with Crippen LogP contribution in [0.25, 0.3) is 0 Å². The van der Waals surface area contributed by atoms with Crippen LogP contribution in [0.5, 0.6) is 5.75 Å². The maximum atomic E-state index is 12.0. The number of guanidine groups is 1. The van der Waals surface area contributed by atoms with Gasteiger partial charge in [0, 0.05) is 6.54 Å². The molecule has 152 valence electrons. The molecule has 1 unspecified atom stereocenters. The monoisotopic (exact) mass is 404 g/mol. The van der Waals surface area contributed by atoms with E-state index in [1.807, 2.05) is 51.1 Å². The van der Waals surface area contributed by atoms with Gasteiger partial charge >= 0.3 is 5.97 Å². The number of thiazole rings is 1. The standard InChI is InChI=1S/C20H28N4O3S/c1-5-21-20(22-12-13-27-16-10-8-7-9-11-16)24-15(4)18-23-14(3)17(28-18)19(25)26-6-2/h7-11,15H,5-6,12-13H2,1-4H3,(H2,21,22,24). The SMILES string of the molecule is CCNC(=NCCOc1ccccc1)NC(C)c1nc(C)c(C(=O)OCC)s1. The van der Waals surface area contributed by atoms with Gasteiger partial charge in [-0.2, -0.15) is 0 Å². The summed E-state index contributed by atoms with van der Waals surface area (Å²) in [6.07, 6.45) is 0. The number of carbonyl (C=O) groups excluding carboxylic acids is 1. The fourth-order valence-electron chi connectivity index (χ4n) is 2.41. The Kier molecular flexibility index (Phi) is 8.74.